The highest BCUT2D eigenvalue weighted by atomic mass is 16.5. The summed E-state index contributed by atoms with van der Waals surface area (Å²) in [5.74, 6) is 2.71. The van der Waals surface area contributed by atoms with E-state index in [0.29, 0.717) is 0 Å². The Balaban J connectivity index is 1.22. The van der Waals surface area contributed by atoms with Crippen LogP contribution in [0.2, 0.25) is 0 Å². The van der Waals surface area contributed by atoms with Crippen molar-refractivity contribution in [3.63, 3.8) is 0 Å². The van der Waals surface area contributed by atoms with Crippen LogP contribution < -0.4 is 26.0 Å². The van der Waals surface area contributed by atoms with Crippen LogP contribution in [0.15, 0.2) is 114 Å². The number of benzene rings is 6. The van der Waals surface area contributed by atoms with Gasteiger partial charge in [0.1, 0.15) is 17.1 Å². The molecule has 0 spiro atoms. The quantitative estimate of drug-likeness (QED) is 0.174. The van der Waals surface area contributed by atoms with Crippen LogP contribution in [0.4, 0.5) is 17.3 Å². The number of hydrogen-bond donors (Lipinski definition) is 0. The Labute approximate surface area is 297 Å². The topological polar surface area (TPSA) is 30.5 Å². The van der Waals surface area contributed by atoms with Crippen LogP contribution in [0.3, 0.4) is 0 Å². The van der Waals surface area contributed by atoms with Crippen LogP contribution in [0.25, 0.3) is 38.5 Å². The predicted molar refractivity (Wildman–Crippen MR) is 210 cm³/mol. The molecule has 0 saturated heterocycles. The Kier molecular flexibility index (Phi) is 5.26. The van der Waals surface area contributed by atoms with Crippen molar-refractivity contribution >= 4 is 73.1 Å². The summed E-state index contributed by atoms with van der Waals surface area (Å²) in [6, 6.07) is 40.3. The first-order valence-electron chi connectivity index (χ1n) is 18.4. The molecule has 0 unspecified atom stereocenters. The van der Waals surface area contributed by atoms with E-state index in [1.54, 1.807) is 0 Å². The standard InChI is InChI=1S/C46H35BN2O2/c1-46(2,3)28-17-22-38-35(23-28)41-45(51-38)48(29-9-5-4-6-10-29)37-24-30(25-40-42(37)47(41)36-11-7-8-12-39(36)50-40)49-43-31-18-13-26(31)15-20-33(43)34-21-16-27-14-19-32(27)44(34)49/h4-12,15-17,20-25H,13-14,18-19H2,1-3H3. The number of para-hydroxylation sites is 2. The summed E-state index contributed by atoms with van der Waals surface area (Å²) in [6.07, 6.45) is 4.53. The van der Waals surface area contributed by atoms with Gasteiger partial charge in [0.05, 0.1) is 22.4 Å². The summed E-state index contributed by atoms with van der Waals surface area (Å²) in [5, 5.41) is 3.87. The molecule has 4 aliphatic rings. The summed E-state index contributed by atoms with van der Waals surface area (Å²) >= 11 is 0. The number of anilines is 3. The average molecular weight is 659 g/mol. The van der Waals surface area contributed by atoms with Crippen LogP contribution in [0.5, 0.6) is 11.5 Å². The number of fused-ring (bicyclic) bond motifs is 13. The second-order valence-electron chi connectivity index (χ2n) is 15.9. The Bertz CT molecular complexity index is 2770. The van der Waals surface area contributed by atoms with Gasteiger partial charge in [-0.25, -0.2) is 0 Å². The second-order valence-corrected chi connectivity index (χ2v) is 15.9. The lowest BCUT2D eigenvalue weighted by Gasteiger charge is -2.38. The van der Waals surface area contributed by atoms with Gasteiger partial charge in [-0.2, -0.15) is 0 Å². The third kappa shape index (κ3) is 3.61. The number of aromatic nitrogens is 1. The van der Waals surface area contributed by atoms with Gasteiger partial charge >= 0.3 is 0 Å². The van der Waals surface area contributed by atoms with E-state index in [2.05, 4.69) is 139 Å². The van der Waals surface area contributed by atoms with Gasteiger partial charge < -0.3 is 13.7 Å². The van der Waals surface area contributed by atoms with Gasteiger partial charge in [-0.15, -0.1) is 0 Å². The van der Waals surface area contributed by atoms with E-state index in [-0.39, 0.29) is 12.1 Å². The molecule has 4 heterocycles. The highest BCUT2D eigenvalue weighted by Gasteiger charge is 2.45. The van der Waals surface area contributed by atoms with Crippen molar-refractivity contribution in [2.45, 2.75) is 51.9 Å². The van der Waals surface area contributed by atoms with Crippen molar-refractivity contribution < 1.29 is 9.15 Å². The van der Waals surface area contributed by atoms with Gasteiger partial charge in [-0.1, -0.05) is 87.5 Å². The van der Waals surface area contributed by atoms with E-state index in [1.807, 2.05) is 0 Å². The number of furan rings is 1. The molecule has 12 rings (SSSR count). The summed E-state index contributed by atoms with van der Waals surface area (Å²) in [6.45, 7) is 6.81. The Morgan fingerprint density at radius 3 is 2.00 bits per heavy atom. The number of hydrogen-bond acceptors (Lipinski definition) is 3. The largest absolute Gasteiger partial charge is 0.458 e. The number of aryl methyl sites for hydroxylation is 4. The molecule has 51 heavy (non-hydrogen) atoms. The van der Waals surface area contributed by atoms with E-state index in [9.17, 15) is 0 Å². The summed E-state index contributed by atoms with van der Waals surface area (Å²) in [5.41, 5.74) is 17.7. The van der Waals surface area contributed by atoms with Crippen molar-refractivity contribution in [3.8, 4) is 17.2 Å². The van der Waals surface area contributed by atoms with Crippen molar-refractivity contribution in [1.29, 1.82) is 0 Å². The van der Waals surface area contributed by atoms with E-state index in [0.717, 1.165) is 65.7 Å². The fraction of sp³-hybridized carbons (Fsp3) is 0.174. The van der Waals surface area contributed by atoms with Gasteiger partial charge in [0.2, 0.25) is 5.88 Å². The molecule has 0 N–H and O–H groups in total. The highest BCUT2D eigenvalue weighted by molar-refractivity contribution is 7.00. The van der Waals surface area contributed by atoms with Crippen molar-refractivity contribution in [1.82, 2.24) is 4.57 Å². The van der Waals surface area contributed by atoms with Gasteiger partial charge in [-0.05, 0) is 106 Å². The first-order chi connectivity index (χ1) is 24.9. The Morgan fingerprint density at radius 2 is 1.31 bits per heavy atom. The van der Waals surface area contributed by atoms with E-state index >= 15 is 0 Å². The lowest BCUT2D eigenvalue weighted by atomic mass is 9.34. The second kappa shape index (κ2) is 9.55. The van der Waals surface area contributed by atoms with Crippen LogP contribution in [0.1, 0.15) is 48.6 Å². The third-order valence-electron chi connectivity index (χ3n) is 12.2. The lowest BCUT2D eigenvalue weighted by Crippen LogP contribution is -2.59. The monoisotopic (exact) mass is 658 g/mol. The summed E-state index contributed by atoms with van der Waals surface area (Å²) < 4.78 is 16.6. The molecule has 5 heteroatoms. The Morgan fingerprint density at radius 1 is 0.608 bits per heavy atom. The molecule has 2 aromatic heterocycles. The maximum Gasteiger partial charge on any atom is 0.261 e. The fourth-order valence-corrected chi connectivity index (χ4v) is 9.49. The predicted octanol–water partition coefficient (Wildman–Crippen LogP) is 9.43. The van der Waals surface area contributed by atoms with Crippen LogP contribution in [-0.4, -0.2) is 11.3 Å². The van der Waals surface area contributed by atoms with Crippen LogP contribution in [-0.2, 0) is 31.1 Å². The van der Waals surface area contributed by atoms with E-state index < -0.39 is 0 Å². The average Bonchev–Trinajstić information content (AvgIpc) is 3.63. The first kappa shape index (κ1) is 28.1. The minimum atomic E-state index is -0.0410. The minimum Gasteiger partial charge on any atom is -0.458 e. The molecule has 244 valence electrons. The number of ether oxygens (including phenoxy) is 1. The number of nitrogens with zero attached hydrogens (tertiary/aromatic N) is 2. The first-order valence-corrected chi connectivity index (χ1v) is 18.4. The fourth-order valence-electron chi connectivity index (χ4n) is 9.49. The third-order valence-corrected chi connectivity index (χ3v) is 12.2. The molecule has 0 atom stereocenters. The zero-order chi connectivity index (χ0) is 33.7. The highest BCUT2D eigenvalue weighted by Crippen LogP contribution is 2.48. The van der Waals surface area contributed by atoms with Gasteiger partial charge in [0.25, 0.3) is 6.71 Å². The molecular weight excluding hydrogens is 623 g/mol. The molecule has 2 aliphatic heterocycles. The zero-order valence-electron chi connectivity index (χ0n) is 29.0. The van der Waals surface area contributed by atoms with Gasteiger partial charge in [-0.3, -0.25) is 4.90 Å². The van der Waals surface area contributed by atoms with Gasteiger partial charge in [0, 0.05) is 33.4 Å². The van der Waals surface area contributed by atoms with Gasteiger partial charge in [0.15, 0.2) is 0 Å². The van der Waals surface area contributed by atoms with Crippen molar-refractivity contribution in [2.75, 3.05) is 4.90 Å². The zero-order valence-corrected chi connectivity index (χ0v) is 29.0. The van der Waals surface area contributed by atoms with Crippen LogP contribution >= 0.6 is 0 Å². The lowest BCUT2D eigenvalue weighted by molar-refractivity contribution is 0.487. The maximum absolute atomic E-state index is 7.03. The normalized spacial score (nSPS) is 15.1. The minimum absolute atomic E-state index is 0.00256. The smallest absolute Gasteiger partial charge is 0.261 e. The molecule has 0 radical (unpaired) electrons. The number of rotatable bonds is 2. The molecule has 0 saturated carbocycles. The maximum atomic E-state index is 7.03. The molecule has 0 bridgehead atoms. The van der Waals surface area contributed by atoms with Crippen molar-refractivity contribution in [2.24, 2.45) is 0 Å². The molecular formula is C46H35BN2O2. The van der Waals surface area contributed by atoms with E-state index in [4.69, 9.17) is 9.15 Å². The molecule has 0 amide bonds. The van der Waals surface area contributed by atoms with E-state index in [1.165, 1.54) is 71.4 Å². The summed E-state index contributed by atoms with van der Waals surface area (Å²) in [7, 11) is 0. The molecule has 0 fully saturated rings. The molecule has 4 nitrogen and oxygen atoms in total. The molecule has 2 aliphatic carbocycles. The SMILES string of the molecule is CC(C)(C)c1ccc2oc3c(c2c1)B1c2ccccc2Oc2cc(-n4c5c6c(ccc5c5ccc7c(c54)CC7)CC6)cc(c21)N3c1ccccc1. The molecule has 8 aromatic rings. The van der Waals surface area contributed by atoms with Crippen LogP contribution in [0, 0.1) is 0 Å². The van der Waals surface area contributed by atoms with Crippen molar-refractivity contribution in [3.05, 3.63) is 137 Å². The summed E-state index contributed by atoms with van der Waals surface area (Å²) in [4.78, 5) is 2.35. The Hall–Kier alpha value is -5.68. The molecule has 6 aromatic carbocycles.